The summed E-state index contributed by atoms with van der Waals surface area (Å²) in [5, 5.41) is 0. The highest BCUT2D eigenvalue weighted by Gasteiger charge is 2.15. The van der Waals surface area contributed by atoms with Crippen LogP contribution in [0.2, 0.25) is 0 Å². The Hall–Kier alpha value is -1.37. The first-order valence-electron chi connectivity index (χ1n) is 5.50. The van der Waals surface area contributed by atoms with Gasteiger partial charge in [-0.05, 0) is 24.0 Å². The van der Waals surface area contributed by atoms with Crippen LogP contribution in [0.1, 0.15) is 20.8 Å². The van der Waals surface area contributed by atoms with Crippen molar-refractivity contribution in [3.05, 3.63) is 47.2 Å². The molecule has 0 bridgehead atoms. The lowest BCUT2D eigenvalue weighted by Crippen LogP contribution is -2.00. The Balaban J connectivity index is 2.48. The van der Waals surface area contributed by atoms with Crippen molar-refractivity contribution in [1.82, 2.24) is 0 Å². The number of fused-ring (bicyclic) bond motifs is 1. The maximum absolute atomic E-state index is 4.42. The predicted octanol–water partition coefficient (Wildman–Crippen LogP) is 3.67. The topological polar surface area (TPSA) is 12.4 Å². The Morgan fingerprint density at radius 1 is 1.20 bits per heavy atom. The summed E-state index contributed by atoms with van der Waals surface area (Å²) in [5.41, 5.74) is 3.75. The van der Waals surface area contributed by atoms with Gasteiger partial charge in [-0.2, -0.15) is 0 Å². The van der Waals surface area contributed by atoms with Gasteiger partial charge in [-0.3, -0.25) is 4.99 Å². The van der Waals surface area contributed by atoms with Gasteiger partial charge >= 0.3 is 0 Å². The molecule has 0 aromatic carbocycles. The van der Waals surface area contributed by atoms with Crippen LogP contribution >= 0.6 is 0 Å². The Kier molecular flexibility index (Phi) is 2.72. The minimum absolute atomic E-state index is 0.459. The molecule has 0 N–H and O–H groups in total. The third-order valence-electron chi connectivity index (χ3n) is 2.86. The first-order valence-corrected chi connectivity index (χ1v) is 5.50. The van der Waals surface area contributed by atoms with Crippen LogP contribution in [0, 0.1) is 11.8 Å². The van der Waals surface area contributed by atoms with Crippen molar-refractivity contribution < 1.29 is 0 Å². The van der Waals surface area contributed by atoms with Gasteiger partial charge in [-0.15, -0.1) is 0 Å². The number of hydrogen-bond donors (Lipinski definition) is 0. The monoisotopic (exact) mass is 199 g/mol. The third-order valence-corrected chi connectivity index (χ3v) is 2.86. The Bertz CT molecular complexity index is 405. The van der Waals surface area contributed by atoms with Crippen molar-refractivity contribution in [2.75, 3.05) is 0 Å². The molecule has 1 heterocycles. The van der Waals surface area contributed by atoms with Crippen LogP contribution < -0.4 is 0 Å². The summed E-state index contributed by atoms with van der Waals surface area (Å²) < 4.78 is 0. The summed E-state index contributed by atoms with van der Waals surface area (Å²) in [6, 6.07) is 0. The average molecular weight is 199 g/mol. The number of aliphatic imine (C=N–C) groups is 1. The van der Waals surface area contributed by atoms with Crippen molar-refractivity contribution in [2.45, 2.75) is 20.8 Å². The second-order valence-corrected chi connectivity index (χ2v) is 4.34. The van der Waals surface area contributed by atoms with Crippen molar-refractivity contribution >= 4 is 6.21 Å². The number of nitrogens with zero attached hydrogens (tertiary/aromatic N) is 1. The van der Waals surface area contributed by atoms with Gasteiger partial charge in [0.1, 0.15) is 0 Å². The van der Waals surface area contributed by atoms with E-state index in [1.165, 1.54) is 11.1 Å². The summed E-state index contributed by atoms with van der Waals surface area (Å²) in [7, 11) is 0. The third kappa shape index (κ3) is 2.17. The fourth-order valence-corrected chi connectivity index (χ4v) is 2.06. The second-order valence-electron chi connectivity index (χ2n) is 4.34. The Labute approximate surface area is 91.6 Å². The first-order chi connectivity index (χ1) is 7.16. The first kappa shape index (κ1) is 10.2. The Morgan fingerprint density at radius 2 is 2.00 bits per heavy atom. The lowest BCUT2D eigenvalue weighted by atomic mass is 9.92. The van der Waals surface area contributed by atoms with Crippen LogP contribution in [0.25, 0.3) is 0 Å². The molecule has 15 heavy (non-hydrogen) atoms. The summed E-state index contributed by atoms with van der Waals surface area (Å²) in [5.74, 6) is 0.970. The standard InChI is InChI=1S/C14H17N/c1-10-5-4-6-13-9-15-12(3)8-11(2)14(13)7-10/h4-11H,1-3H3. The zero-order chi connectivity index (χ0) is 10.8. The normalized spacial score (nSPS) is 29.7. The van der Waals surface area contributed by atoms with E-state index in [0.29, 0.717) is 11.8 Å². The molecule has 1 aliphatic heterocycles. The molecule has 0 fully saturated rings. The van der Waals surface area contributed by atoms with Crippen molar-refractivity contribution in [1.29, 1.82) is 0 Å². The molecule has 2 unspecified atom stereocenters. The van der Waals surface area contributed by atoms with Crippen LogP contribution in [0.3, 0.4) is 0 Å². The highest BCUT2D eigenvalue weighted by atomic mass is 14.7. The van der Waals surface area contributed by atoms with Gasteiger partial charge in [0.2, 0.25) is 0 Å². The molecule has 2 aliphatic rings. The SMILES string of the molecule is CC1=CC(C)C2=CC(C)C=CC=C2C=N1. The lowest BCUT2D eigenvalue weighted by Gasteiger charge is -2.12. The second kappa shape index (κ2) is 4.01. The van der Waals surface area contributed by atoms with Gasteiger partial charge in [0.15, 0.2) is 0 Å². The molecule has 1 nitrogen and oxygen atoms in total. The van der Waals surface area contributed by atoms with E-state index in [1.54, 1.807) is 0 Å². The van der Waals surface area contributed by atoms with E-state index in [9.17, 15) is 0 Å². The smallest absolute Gasteiger partial charge is 0.0346 e. The molecule has 2 atom stereocenters. The average Bonchev–Trinajstić information content (AvgIpc) is 2.42. The van der Waals surface area contributed by atoms with E-state index >= 15 is 0 Å². The molecule has 0 aromatic heterocycles. The molecule has 1 aliphatic carbocycles. The molecule has 0 spiro atoms. The van der Waals surface area contributed by atoms with Crippen LogP contribution in [-0.4, -0.2) is 6.21 Å². The molecule has 0 radical (unpaired) electrons. The van der Waals surface area contributed by atoms with Crippen LogP contribution in [0.4, 0.5) is 0 Å². The molecule has 1 heteroatoms. The summed E-state index contributed by atoms with van der Waals surface area (Å²) >= 11 is 0. The van der Waals surface area contributed by atoms with Gasteiger partial charge in [-0.25, -0.2) is 0 Å². The summed E-state index contributed by atoms with van der Waals surface area (Å²) in [6.07, 6.45) is 13.0. The zero-order valence-electron chi connectivity index (χ0n) is 9.57. The molecule has 2 rings (SSSR count). The molecule has 0 saturated carbocycles. The minimum atomic E-state index is 0.459. The van der Waals surface area contributed by atoms with E-state index in [0.717, 1.165) is 5.70 Å². The van der Waals surface area contributed by atoms with E-state index in [2.05, 4.69) is 56.1 Å². The number of hydrogen-bond acceptors (Lipinski definition) is 1. The highest BCUT2D eigenvalue weighted by molar-refractivity contribution is 5.87. The van der Waals surface area contributed by atoms with Gasteiger partial charge in [0.25, 0.3) is 0 Å². The zero-order valence-corrected chi connectivity index (χ0v) is 9.57. The summed E-state index contributed by atoms with van der Waals surface area (Å²) in [6.45, 7) is 6.50. The number of rotatable bonds is 0. The molecular weight excluding hydrogens is 182 g/mol. The Morgan fingerprint density at radius 3 is 2.80 bits per heavy atom. The maximum atomic E-state index is 4.42. The molecule has 0 aromatic rings. The van der Waals surface area contributed by atoms with Crippen molar-refractivity contribution in [3.63, 3.8) is 0 Å². The van der Waals surface area contributed by atoms with E-state index < -0.39 is 0 Å². The van der Waals surface area contributed by atoms with E-state index in [1.807, 2.05) is 6.21 Å². The van der Waals surface area contributed by atoms with Crippen molar-refractivity contribution in [3.8, 4) is 0 Å². The lowest BCUT2D eigenvalue weighted by molar-refractivity contribution is 0.839. The minimum Gasteiger partial charge on any atom is -0.261 e. The van der Waals surface area contributed by atoms with Crippen LogP contribution in [0.15, 0.2) is 52.2 Å². The van der Waals surface area contributed by atoms with E-state index in [4.69, 9.17) is 0 Å². The van der Waals surface area contributed by atoms with Crippen molar-refractivity contribution in [2.24, 2.45) is 16.8 Å². The summed E-state index contributed by atoms with van der Waals surface area (Å²) in [4.78, 5) is 4.42. The van der Waals surface area contributed by atoms with Crippen LogP contribution in [-0.2, 0) is 0 Å². The van der Waals surface area contributed by atoms with E-state index in [-0.39, 0.29) is 0 Å². The largest absolute Gasteiger partial charge is 0.261 e. The molecule has 0 amide bonds. The fraction of sp³-hybridized carbons (Fsp3) is 0.357. The fourth-order valence-electron chi connectivity index (χ4n) is 2.06. The quantitative estimate of drug-likeness (QED) is 0.564. The highest BCUT2D eigenvalue weighted by Crippen LogP contribution is 2.27. The van der Waals surface area contributed by atoms with Gasteiger partial charge in [-0.1, -0.05) is 44.2 Å². The van der Waals surface area contributed by atoms with Gasteiger partial charge in [0.05, 0.1) is 0 Å². The maximum Gasteiger partial charge on any atom is 0.0346 e. The predicted molar refractivity (Wildman–Crippen MR) is 65.9 cm³/mol. The number of allylic oxidation sites excluding steroid dienone is 8. The molecular formula is C14H17N. The van der Waals surface area contributed by atoms with Crippen LogP contribution in [0.5, 0.6) is 0 Å². The molecule has 78 valence electrons. The van der Waals surface area contributed by atoms with Gasteiger partial charge in [0, 0.05) is 17.8 Å². The molecule has 0 saturated heterocycles. The van der Waals surface area contributed by atoms with Gasteiger partial charge < -0.3 is 0 Å².